The van der Waals surface area contributed by atoms with Gasteiger partial charge in [0.05, 0.1) is 4.90 Å². The van der Waals surface area contributed by atoms with Crippen molar-refractivity contribution in [1.82, 2.24) is 9.29 Å². The van der Waals surface area contributed by atoms with Crippen LogP contribution in [-0.4, -0.2) is 19.5 Å². The molecule has 0 atom stereocenters. The first kappa shape index (κ1) is 17.2. The van der Waals surface area contributed by atoms with E-state index in [0.29, 0.717) is 23.9 Å². The van der Waals surface area contributed by atoms with E-state index in [2.05, 4.69) is 18.6 Å². The van der Waals surface area contributed by atoms with Crippen molar-refractivity contribution in [3.63, 3.8) is 0 Å². The number of unbranched alkanes of at least 4 members (excludes halogenated alkanes) is 1. The first-order valence-corrected chi connectivity index (χ1v) is 8.77. The van der Waals surface area contributed by atoms with Gasteiger partial charge in [0, 0.05) is 31.5 Å². The van der Waals surface area contributed by atoms with Gasteiger partial charge in [0.25, 0.3) is 0 Å². The van der Waals surface area contributed by atoms with Crippen LogP contribution in [0.25, 0.3) is 0 Å². The Hall–Kier alpha value is -0.850. The predicted octanol–water partition coefficient (Wildman–Crippen LogP) is 2.07. The van der Waals surface area contributed by atoms with Gasteiger partial charge in [-0.25, -0.2) is 13.1 Å². The molecule has 0 aliphatic rings. The largest absolute Gasteiger partial charge is 0.349 e. The Bertz CT molecular complexity index is 485. The second kappa shape index (κ2) is 7.81. The Morgan fingerprint density at radius 1 is 1.35 bits per heavy atom. The van der Waals surface area contributed by atoms with Crippen molar-refractivity contribution < 1.29 is 8.42 Å². The lowest BCUT2D eigenvalue weighted by atomic mass is 10.1. The lowest BCUT2D eigenvalue weighted by Gasteiger charge is -2.06. The van der Waals surface area contributed by atoms with E-state index in [9.17, 15) is 8.42 Å². The molecule has 116 valence electrons. The van der Waals surface area contributed by atoms with E-state index in [-0.39, 0.29) is 0 Å². The number of nitrogens with one attached hydrogen (secondary N) is 1. The van der Waals surface area contributed by atoms with Crippen LogP contribution in [0.4, 0.5) is 0 Å². The third kappa shape index (κ3) is 4.92. The highest BCUT2D eigenvalue weighted by atomic mass is 32.2. The Kier molecular flexibility index (Phi) is 6.71. The Labute approximate surface area is 122 Å². The molecule has 20 heavy (non-hydrogen) atoms. The number of aromatic nitrogens is 1. The number of hydrogen-bond acceptors (Lipinski definition) is 3. The summed E-state index contributed by atoms with van der Waals surface area (Å²) in [4.78, 5) is 0.309. The van der Waals surface area contributed by atoms with E-state index in [1.807, 2.05) is 11.5 Å². The van der Waals surface area contributed by atoms with Gasteiger partial charge in [-0.05, 0) is 25.3 Å². The summed E-state index contributed by atoms with van der Waals surface area (Å²) in [7, 11) is -3.41. The quantitative estimate of drug-likeness (QED) is 0.685. The van der Waals surface area contributed by atoms with E-state index >= 15 is 0 Å². The SMILES string of the molecule is CCn1cc(S(=O)(=O)NCCCCC(C)C)cc1CN. The minimum absolute atomic E-state index is 0.309. The molecule has 0 aromatic carbocycles. The molecule has 0 fully saturated rings. The van der Waals surface area contributed by atoms with Crippen LogP contribution >= 0.6 is 0 Å². The van der Waals surface area contributed by atoms with E-state index in [0.717, 1.165) is 31.5 Å². The molecule has 3 N–H and O–H groups in total. The van der Waals surface area contributed by atoms with Crippen LogP contribution < -0.4 is 10.5 Å². The monoisotopic (exact) mass is 301 g/mol. The number of nitrogens with zero attached hydrogens (tertiary/aromatic N) is 1. The van der Waals surface area contributed by atoms with Crippen LogP contribution in [0.15, 0.2) is 17.2 Å². The molecule has 0 saturated carbocycles. The first-order chi connectivity index (χ1) is 9.40. The summed E-state index contributed by atoms with van der Waals surface area (Å²) in [5, 5.41) is 0. The van der Waals surface area contributed by atoms with Crippen molar-refractivity contribution >= 4 is 10.0 Å². The molecule has 1 heterocycles. The standard InChI is InChI=1S/C14H27N3O2S/c1-4-17-11-14(9-13(17)10-15)20(18,19)16-8-6-5-7-12(2)3/h9,11-12,16H,4-8,10,15H2,1-3H3. The molecule has 5 nitrogen and oxygen atoms in total. The Morgan fingerprint density at radius 2 is 2.05 bits per heavy atom. The molecule has 1 aromatic rings. The van der Waals surface area contributed by atoms with Gasteiger partial charge < -0.3 is 10.3 Å². The van der Waals surface area contributed by atoms with Gasteiger partial charge in [-0.2, -0.15) is 0 Å². The second-order valence-electron chi connectivity index (χ2n) is 5.44. The summed E-state index contributed by atoms with van der Waals surface area (Å²) in [6.07, 6.45) is 4.70. The van der Waals surface area contributed by atoms with Crippen molar-refractivity contribution in [3.05, 3.63) is 18.0 Å². The van der Waals surface area contributed by atoms with Crippen molar-refractivity contribution in [2.75, 3.05) is 6.54 Å². The molecule has 0 amide bonds. The topological polar surface area (TPSA) is 77.1 Å². The van der Waals surface area contributed by atoms with Gasteiger partial charge in [0.2, 0.25) is 10.0 Å². The van der Waals surface area contributed by atoms with Gasteiger partial charge in [0.15, 0.2) is 0 Å². The summed E-state index contributed by atoms with van der Waals surface area (Å²) in [5.74, 6) is 0.664. The van der Waals surface area contributed by atoms with Crippen LogP contribution in [0.1, 0.15) is 45.7 Å². The maximum Gasteiger partial charge on any atom is 0.242 e. The number of hydrogen-bond donors (Lipinski definition) is 2. The fraction of sp³-hybridized carbons (Fsp3) is 0.714. The molecule has 0 bridgehead atoms. The van der Waals surface area contributed by atoms with Crippen molar-refractivity contribution in [1.29, 1.82) is 0 Å². The number of nitrogens with two attached hydrogens (primary N) is 1. The van der Waals surface area contributed by atoms with Crippen molar-refractivity contribution in [3.8, 4) is 0 Å². The molecule has 0 saturated heterocycles. The maximum atomic E-state index is 12.2. The summed E-state index contributed by atoms with van der Waals surface area (Å²) in [6, 6.07) is 1.65. The molecule has 0 aliphatic heterocycles. The molecule has 0 spiro atoms. The lowest BCUT2D eigenvalue weighted by Crippen LogP contribution is -2.24. The third-order valence-electron chi connectivity index (χ3n) is 3.32. The summed E-state index contributed by atoms with van der Waals surface area (Å²) < 4.78 is 28.8. The highest BCUT2D eigenvalue weighted by molar-refractivity contribution is 7.89. The number of sulfonamides is 1. The van der Waals surface area contributed by atoms with Crippen LogP contribution in [-0.2, 0) is 23.1 Å². The summed E-state index contributed by atoms with van der Waals surface area (Å²) in [5.41, 5.74) is 6.46. The number of aryl methyl sites for hydroxylation is 1. The fourth-order valence-corrected chi connectivity index (χ4v) is 3.24. The molecular weight excluding hydrogens is 274 g/mol. The summed E-state index contributed by atoms with van der Waals surface area (Å²) in [6.45, 7) is 7.87. The lowest BCUT2D eigenvalue weighted by molar-refractivity contribution is 0.530. The zero-order valence-electron chi connectivity index (χ0n) is 12.7. The van der Waals surface area contributed by atoms with E-state index < -0.39 is 10.0 Å². The third-order valence-corrected chi connectivity index (χ3v) is 4.75. The molecule has 0 aliphatic carbocycles. The molecular formula is C14H27N3O2S. The molecule has 6 heteroatoms. The Balaban J connectivity index is 2.58. The zero-order valence-corrected chi connectivity index (χ0v) is 13.5. The highest BCUT2D eigenvalue weighted by Crippen LogP contribution is 2.14. The fourth-order valence-electron chi connectivity index (χ4n) is 2.11. The van der Waals surface area contributed by atoms with Crippen LogP contribution in [0.5, 0.6) is 0 Å². The van der Waals surface area contributed by atoms with Crippen molar-refractivity contribution in [2.24, 2.45) is 11.7 Å². The average Bonchev–Trinajstić information content (AvgIpc) is 2.81. The van der Waals surface area contributed by atoms with Gasteiger partial charge in [0.1, 0.15) is 0 Å². The Morgan fingerprint density at radius 3 is 2.55 bits per heavy atom. The second-order valence-corrected chi connectivity index (χ2v) is 7.21. The minimum atomic E-state index is -3.41. The van der Waals surface area contributed by atoms with Crippen LogP contribution in [0.3, 0.4) is 0 Å². The molecule has 0 unspecified atom stereocenters. The molecule has 0 radical (unpaired) electrons. The normalized spacial score (nSPS) is 12.2. The maximum absolute atomic E-state index is 12.2. The van der Waals surface area contributed by atoms with Crippen LogP contribution in [0, 0.1) is 5.92 Å². The van der Waals surface area contributed by atoms with Crippen molar-refractivity contribution in [2.45, 2.75) is 58.0 Å². The predicted molar refractivity (Wildman–Crippen MR) is 81.9 cm³/mol. The molecule has 1 aromatic heterocycles. The zero-order chi connectivity index (χ0) is 15.2. The smallest absolute Gasteiger partial charge is 0.242 e. The van der Waals surface area contributed by atoms with E-state index in [1.165, 1.54) is 0 Å². The molecule has 1 rings (SSSR count). The van der Waals surface area contributed by atoms with Gasteiger partial charge in [-0.15, -0.1) is 0 Å². The number of rotatable bonds is 9. The van der Waals surface area contributed by atoms with Gasteiger partial charge in [-0.1, -0.05) is 26.7 Å². The first-order valence-electron chi connectivity index (χ1n) is 7.29. The van der Waals surface area contributed by atoms with Gasteiger partial charge >= 0.3 is 0 Å². The average molecular weight is 301 g/mol. The van der Waals surface area contributed by atoms with Gasteiger partial charge in [-0.3, -0.25) is 0 Å². The highest BCUT2D eigenvalue weighted by Gasteiger charge is 2.17. The van der Waals surface area contributed by atoms with E-state index in [4.69, 9.17) is 5.73 Å². The minimum Gasteiger partial charge on any atom is -0.349 e. The van der Waals surface area contributed by atoms with E-state index in [1.54, 1.807) is 12.3 Å². The van der Waals surface area contributed by atoms with Crippen LogP contribution in [0.2, 0.25) is 0 Å². The summed E-state index contributed by atoms with van der Waals surface area (Å²) >= 11 is 0.